The van der Waals surface area contributed by atoms with Crippen LogP contribution in [0.4, 0.5) is 0 Å². The van der Waals surface area contributed by atoms with E-state index in [0.29, 0.717) is 5.92 Å². The van der Waals surface area contributed by atoms with Crippen molar-refractivity contribution >= 4 is 9.84 Å². The third-order valence-corrected chi connectivity index (χ3v) is 5.99. The van der Waals surface area contributed by atoms with Crippen LogP contribution in [0, 0.1) is 6.92 Å². The normalized spacial score (nSPS) is 12.8. The van der Waals surface area contributed by atoms with Gasteiger partial charge in [0, 0.05) is 0 Å². The van der Waals surface area contributed by atoms with E-state index in [4.69, 9.17) is 4.74 Å². The van der Waals surface area contributed by atoms with E-state index in [1.165, 1.54) is 5.56 Å². The van der Waals surface area contributed by atoms with Crippen LogP contribution in [-0.4, -0.2) is 25.5 Å². The van der Waals surface area contributed by atoms with Crippen LogP contribution in [-0.2, 0) is 9.84 Å². The highest BCUT2D eigenvalue weighted by Gasteiger charge is 2.28. The molecule has 0 aromatic heterocycles. The zero-order chi connectivity index (χ0) is 15.6. The minimum atomic E-state index is -3.13. The molecule has 0 bridgehead atoms. The van der Waals surface area contributed by atoms with Gasteiger partial charge >= 0.3 is 0 Å². The molecular weight excluding hydrogens is 272 g/mol. The quantitative estimate of drug-likeness (QED) is 0.832. The fourth-order valence-electron chi connectivity index (χ4n) is 1.70. The average molecular weight is 298 g/mol. The van der Waals surface area contributed by atoms with Crippen LogP contribution < -0.4 is 4.74 Å². The minimum Gasteiger partial charge on any atom is -0.492 e. The van der Waals surface area contributed by atoms with Crippen LogP contribution in [0.2, 0.25) is 0 Å². The van der Waals surface area contributed by atoms with E-state index in [0.717, 1.165) is 11.3 Å². The first kappa shape index (κ1) is 17.0. The van der Waals surface area contributed by atoms with E-state index >= 15 is 0 Å². The molecule has 0 atom stereocenters. The third-order valence-electron chi connectivity index (χ3n) is 3.42. The molecule has 0 amide bonds. The van der Waals surface area contributed by atoms with E-state index in [-0.39, 0.29) is 12.4 Å². The molecule has 0 fully saturated rings. The first-order valence-corrected chi connectivity index (χ1v) is 8.65. The maximum absolute atomic E-state index is 12.0. The molecule has 0 heterocycles. The summed E-state index contributed by atoms with van der Waals surface area (Å²) in [6.07, 6.45) is 0. The Kier molecular flexibility index (Phi) is 5.25. The number of rotatable bonds is 5. The third kappa shape index (κ3) is 4.23. The molecule has 20 heavy (non-hydrogen) atoms. The van der Waals surface area contributed by atoms with Crippen molar-refractivity contribution in [1.29, 1.82) is 0 Å². The second-order valence-electron chi connectivity index (χ2n) is 6.46. The summed E-state index contributed by atoms with van der Waals surface area (Å²) < 4.78 is 29.0. The van der Waals surface area contributed by atoms with Crippen molar-refractivity contribution in [1.82, 2.24) is 0 Å². The number of ether oxygens (including phenoxy) is 1. The molecule has 0 aliphatic heterocycles. The van der Waals surface area contributed by atoms with Gasteiger partial charge in [-0.2, -0.15) is 0 Å². The van der Waals surface area contributed by atoms with E-state index in [1.807, 2.05) is 19.1 Å². The van der Waals surface area contributed by atoms with E-state index in [1.54, 1.807) is 20.8 Å². The lowest BCUT2D eigenvalue weighted by atomic mass is 10.0. The van der Waals surface area contributed by atoms with Gasteiger partial charge in [-0.1, -0.05) is 26.0 Å². The number of sulfone groups is 1. The second-order valence-corrected chi connectivity index (χ2v) is 9.32. The summed E-state index contributed by atoms with van der Waals surface area (Å²) >= 11 is 0. The number of hydrogen-bond acceptors (Lipinski definition) is 3. The van der Waals surface area contributed by atoms with Gasteiger partial charge in [0.15, 0.2) is 9.84 Å². The summed E-state index contributed by atoms with van der Waals surface area (Å²) in [6, 6.07) is 6.10. The lowest BCUT2D eigenvalue weighted by Gasteiger charge is -2.19. The smallest absolute Gasteiger partial charge is 0.158 e. The maximum atomic E-state index is 12.0. The Balaban J connectivity index is 2.74. The molecule has 0 radical (unpaired) electrons. The van der Waals surface area contributed by atoms with Gasteiger partial charge < -0.3 is 4.74 Å². The Bertz CT molecular complexity index is 552. The average Bonchev–Trinajstić information content (AvgIpc) is 2.29. The Morgan fingerprint density at radius 1 is 1.20 bits per heavy atom. The second kappa shape index (κ2) is 6.17. The molecule has 1 aromatic carbocycles. The highest BCUT2D eigenvalue weighted by molar-refractivity contribution is 7.92. The lowest BCUT2D eigenvalue weighted by molar-refractivity contribution is 0.337. The summed E-state index contributed by atoms with van der Waals surface area (Å²) in [5.74, 6) is 1.25. The number of hydrogen-bond donors (Lipinski definition) is 0. The molecule has 0 N–H and O–H groups in total. The molecule has 0 aliphatic carbocycles. The molecule has 3 nitrogen and oxygen atoms in total. The molecule has 0 unspecified atom stereocenters. The van der Waals surface area contributed by atoms with Gasteiger partial charge in [-0.15, -0.1) is 0 Å². The SMILES string of the molecule is Cc1ccc(C(C)C)cc1OCCS(=O)(=O)C(C)(C)C. The zero-order valence-corrected chi connectivity index (χ0v) is 14.2. The first-order chi connectivity index (χ1) is 9.04. The molecule has 0 saturated heterocycles. The number of benzene rings is 1. The standard InChI is InChI=1S/C16H26O3S/c1-12(2)14-8-7-13(3)15(11-14)19-9-10-20(17,18)16(4,5)6/h7-8,11-12H,9-10H2,1-6H3. The predicted molar refractivity (Wildman–Crippen MR) is 84.3 cm³/mol. The van der Waals surface area contributed by atoms with Crippen molar-refractivity contribution in [2.75, 3.05) is 12.4 Å². The van der Waals surface area contributed by atoms with Crippen LogP contribution in [0.3, 0.4) is 0 Å². The molecular formula is C16H26O3S. The van der Waals surface area contributed by atoms with Crippen LogP contribution in [0.5, 0.6) is 5.75 Å². The van der Waals surface area contributed by atoms with Gasteiger partial charge in [0.05, 0.1) is 10.5 Å². The van der Waals surface area contributed by atoms with Crippen molar-refractivity contribution in [3.05, 3.63) is 29.3 Å². The molecule has 1 aromatic rings. The maximum Gasteiger partial charge on any atom is 0.158 e. The summed E-state index contributed by atoms with van der Waals surface area (Å²) in [7, 11) is -3.13. The van der Waals surface area contributed by atoms with E-state index in [9.17, 15) is 8.42 Å². The van der Waals surface area contributed by atoms with Crippen molar-refractivity contribution in [2.45, 2.75) is 52.2 Å². The van der Waals surface area contributed by atoms with Crippen LogP contribution >= 0.6 is 0 Å². The molecule has 114 valence electrons. The first-order valence-electron chi connectivity index (χ1n) is 7.00. The Labute approximate surface area is 123 Å². The summed E-state index contributed by atoms with van der Waals surface area (Å²) in [5, 5.41) is 0. The highest BCUT2D eigenvalue weighted by atomic mass is 32.2. The predicted octanol–water partition coefficient (Wildman–Crippen LogP) is 3.71. The van der Waals surface area contributed by atoms with Gasteiger partial charge in [0.2, 0.25) is 0 Å². The molecule has 1 rings (SSSR count). The van der Waals surface area contributed by atoms with Gasteiger partial charge in [0.1, 0.15) is 12.4 Å². The van der Waals surface area contributed by atoms with E-state index in [2.05, 4.69) is 19.9 Å². The molecule has 0 saturated carbocycles. The summed E-state index contributed by atoms with van der Waals surface area (Å²) in [6.45, 7) is 11.6. The monoisotopic (exact) mass is 298 g/mol. The molecule has 4 heteroatoms. The van der Waals surface area contributed by atoms with Crippen molar-refractivity contribution in [2.24, 2.45) is 0 Å². The van der Waals surface area contributed by atoms with Crippen molar-refractivity contribution in [3.8, 4) is 5.75 Å². The fourth-order valence-corrected chi connectivity index (χ4v) is 2.61. The lowest BCUT2D eigenvalue weighted by Crippen LogP contribution is -2.32. The summed E-state index contributed by atoms with van der Waals surface area (Å²) in [5.41, 5.74) is 2.23. The fraction of sp³-hybridized carbons (Fsp3) is 0.625. The molecule has 0 aliphatic rings. The van der Waals surface area contributed by atoms with Gasteiger partial charge in [-0.25, -0.2) is 8.42 Å². The molecule has 0 spiro atoms. The van der Waals surface area contributed by atoms with Crippen molar-refractivity contribution < 1.29 is 13.2 Å². The van der Waals surface area contributed by atoms with Crippen molar-refractivity contribution in [3.63, 3.8) is 0 Å². The van der Waals surface area contributed by atoms with Gasteiger partial charge in [-0.05, 0) is 50.8 Å². The zero-order valence-electron chi connectivity index (χ0n) is 13.4. The highest BCUT2D eigenvalue weighted by Crippen LogP contribution is 2.24. The topological polar surface area (TPSA) is 43.4 Å². The van der Waals surface area contributed by atoms with Gasteiger partial charge in [0.25, 0.3) is 0 Å². The van der Waals surface area contributed by atoms with Crippen LogP contribution in [0.15, 0.2) is 18.2 Å². The van der Waals surface area contributed by atoms with Crippen LogP contribution in [0.1, 0.15) is 51.7 Å². The van der Waals surface area contributed by atoms with Gasteiger partial charge in [-0.3, -0.25) is 0 Å². The largest absolute Gasteiger partial charge is 0.492 e. The minimum absolute atomic E-state index is 0.0435. The summed E-state index contributed by atoms with van der Waals surface area (Å²) in [4.78, 5) is 0. The van der Waals surface area contributed by atoms with E-state index < -0.39 is 14.6 Å². The number of aryl methyl sites for hydroxylation is 1. The Morgan fingerprint density at radius 3 is 2.30 bits per heavy atom. The Hall–Kier alpha value is -1.03. The van der Waals surface area contributed by atoms with Crippen LogP contribution in [0.25, 0.3) is 0 Å². The Morgan fingerprint density at radius 2 is 1.80 bits per heavy atom.